The van der Waals surface area contributed by atoms with Crippen LogP contribution in [0.5, 0.6) is 5.75 Å². The van der Waals surface area contributed by atoms with Gasteiger partial charge in [0.15, 0.2) is 5.65 Å². The van der Waals surface area contributed by atoms with Crippen molar-refractivity contribution in [1.29, 1.82) is 0 Å². The summed E-state index contributed by atoms with van der Waals surface area (Å²) in [6, 6.07) is 11.0. The Hall–Kier alpha value is -2.76. The molecule has 96 valence electrons. The minimum absolute atomic E-state index is 0.381. The molecule has 2 aromatic heterocycles. The quantitative estimate of drug-likeness (QED) is 0.725. The van der Waals surface area contributed by atoms with Crippen LogP contribution in [0.1, 0.15) is 0 Å². The van der Waals surface area contributed by atoms with Crippen molar-refractivity contribution in [2.45, 2.75) is 0 Å². The minimum Gasteiger partial charge on any atom is -0.497 e. The summed E-state index contributed by atoms with van der Waals surface area (Å²) in [5.41, 5.74) is 13.9. The number of anilines is 2. The zero-order chi connectivity index (χ0) is 13.4. The third-order valence-corrected chi connectivity index (χ3v) is 2.86. The summed E-state index contributed by atoms with van der Waals surface area (Å²) in [4.78, 5) is 4.19. The molecule has 0 aliphatic heterocycles. The van der Waals surface area contributed by atoms with Crippen molar-refractivity contribution >= 4 is 17.3 Å². The average Bonchev–Trinajstić information content (AvgIpc) is 2.83. The number of fused-ring (bicyclic) bond motifs is 1. The second-order valence-corrected chi connectivity index (χ2v) is 4.13. The molecule has 3 rings (SSSR count). The van der Waals surface area contributed by atoms with E-state index in [1.807, 2.05) is 30.3 Å². The van der Waals surface area contributed by atoms with Gasteiger partial charge in [0.05, 0.1) is 12.8 Å². The fraction of sp³-hybridized carbons (Fsp3) is 0.0769. The molecule has 0 aliphatic rings. The Balaban J connectivity index is 2.12. The lowest BCUT2D eigenvalue weighted by Gasteiger charge is -2.00. The predicted octanol–water partition coefficient (Wildman–Crippen LogP) is 1.57. The summed E-state index contributed by atoms with van der Waals surface area (Å²) < 4.78 is 6.69. The highest BCUT2D eigenvalue weighted by Gasteiger charge is 2.08. The lowest BCUT2D eigenvalue weighted by molar-refractivity contribution is 0.415. The molecule has 6 heteroatoms. The topological polar surface area (TPSA) is 91.5 Å². The van der Waals surface area contributed by atoms with Gasteiger partial charge < -0.3 is 16.2 Å². The van der Waals surface area contributed by atoms with Crippen LogP contribution in [-0.4, -0.2) is 21.7 Å². The first kappa shape index (κ1) is 11.3. The fourth-order valence-electron chi connectivity index (χ4n) is 1.92. The molecule has 0 aliphatic carbocycles. The fourth-order valence-corrected chi connectivity index (χ4v) is 1.92. The van der Waals surface area contributed by atoms with Gasteiger partial charge in [-0.1, -0.05) is 0 Å². The molecule has 3 aromatic rings. The number of benzene rings is 1. The Kier molecular flexibility index (Phi) is 2.49. The Morgan fingerprint density at radius 1 is 1.11 bits per heavy atom. The molecule has 0 saturated carbocycles. The van der Waals surface area contributed by atoms with Crippen molar-refractivity contribution in [3.63, 3.8) is 0 Å². The van der Waals surface area contributed by atoms with Gasteiger partial charge in [-0.2, -0.15) is 9.61 Å². The number of nitrogens with zero attached hydrogens (tertiary/aromatic N) is 3. The van der Waals surface area contributed by atoms with Crippen LogP contribution in [0.15, 0.2) is 36.4 Å². The zero-order valence-corrected chi connectivity index (χ0v) is 10.4. The number of rotatable bonds is 2. The number of hydrogen-bond donors (Lipinski definition) is 2. The van der Waals surface area contributed by atoms with Gasteiger partial charge in [0, 0.05) is 17.7 Å². The second-order valence-electron chi connectivity index (χ2n) is 4.13. The van der Waals surface area contributed by atoms with Crippen LogP contribution in [-0.2, 0) is 0 Å². The molecule has 0 spiro atoms. The summed E-state index contributed by atoms with van der Waals surface area (Å²) in [6.45, 7) is 0. The first-order valence-electron chi connectivity index (χ1n) is 5.73. The third kappa shape index (κ3) is 1.93. The molecule has 0 fully saturated rings. The molecule has 0 amide bonds. The maximum atomic E-state index is 5.85. The zero-order valence-electron chi connectivity index (χ0n) is 10.4. The van der Waals surface area contributed by atoms with Crippen molar-refractivity contribution in [3.8, 4) is 17.0 Å². The number of ether oxygens (including phenoxy) is 1. The second kappa shape index (κ2) is 4.16. The van der Waals surface area contributed by atoms with E-state index in [-0.39, 0.29) is 0 Å². The Labute approximate surface area is 109 Å². The van der Waals surface area contributed by atoms with Gasteiger partial charge in [0.2, 0.25) is 0 Å². The molecule has 6 nitrogen and oxygen atoms in total. The highest BCUT2D eigenvalue weighted by atomic mass is 16.5. The number of hydrogen-bond acceptors (Lipinski definition) is 5. The number of nitrogen functional groups attached to an aromatic ring is 2. The normalized spacial score (nSPS) is 10.8. The highest BCUT2D eigenvalue weighted by Crippen LogP contribution is 2.23. The van der Waals surface area contributed by atoms with Crippen molar-refractivity contribution < 1.29 is 4.74 Å². The molecular weight excluding hydrogens is 242 g/mol. The summed E-state index contributed by atoms with van der Waals surface area (Å²) in [7, 11) is 1.63. The summed E-state index contributed by atoms with van der Waals surface area (Å²) >= 11 is 0. The van der Waals surface area contributed by atoms with E-state index in [0.717, 1.165) is 17.0 Å². The highest BCUT2D eigenvalue weighted by molar-refractivity contribution is 5.67. The van der Waals surface area contributed by atoms with Crippen LogP contribution in [0.3, 0.4) is 0 Å². The van der Waals surface area contributed by atoms with Gasteiger partial charge in [0.1, 0.15) is 17.4 Å². The maximum Gasteiger partial charge on any atom is 0.160 e. The van der Waals surface area contributed by atoms with Gasteiger partial charge in [0.25, 0.3) is 0 Å². The van der Waals surface area contributed by atoms with Gasteiger partial charge >= 0.3 is 0 Å². The van der Waals surface area contributed by atoms with Crippen LogP contribution >= 0.6 is 0 Å². The third-order valence-electron chi connectivity index (χ3n) is 2.86. The van der Waals surface area contributed by atoms with Crippen molar-refractivity contribution in [1.82, 2.24) is 14.6 Å². The van der Waals surface area contributed by atoms with Crippen LogP contribution in [0.4, 0.5) is 11.6 Å². The lowest BCUT2D eigenvalue weighted by atomic mass is 10.1. The largest absolute Gasteiger partial charge is 0.497 e. The molecule has 0 saturated heterocycles. The van der Waals surface area contributed by atoms with E-state index in [4.69, 9.17) is 16.2 Å². The Bertz CT molecular complexity index is 733. The maximum absolute atomic E-state index is 5.85. The van der Waals surface area contributed by atoms with E-state index in [9.17, 15) is 0 Å². The molecular formula is C13H13N5O. The van der Waals surface area contributed by atoms with Crippen LogP contribution in [0.25, 0.3) is 16.9 Å². The van der Waals surface area contributed by atoms with Crippen molar-refractivity contribution in [2.75, 3.05) is 18.6 Å². The lowest BCUT2D eigenvalue weighted by Crippen LogP contribution is -2.02. The first-order valence-corrected chi connectivity index (χ1v) is 5.73. The number of aromatic nitrogens is 3. The van der Waals surface area contributed by atoms with Crippen LogP contribution in [0, 0.1) is 0 Å². The summed E-state index contributed by atoms with van der Waals surface area (Å²) in [5, 5.41) is 4.41. The number of nitrogens with two attached hydrogens (primary N) is 2. The minimum atomic E-state index is 0.381. The molecule has 4 N–H and O–H groups in total. The van der Waals surface area contributed by atoms with E-state index < -0.39 is 0 Å². The molecule has 2 heterocycles. The van der Waals surface area contributed by atoms with E-state index in [1.165, 1.54) is 0 Å². The van der Waals surface area contributed by atoms with Crippen LogP contribution in [0.2, 0.25) is 0 Å². The molecule has 19 heavy (non-hydrogen) atoms. The average molecular weight is 255 g/mol. The van der Waals surface area contributed by atoms with Crippen LogP contribution < -0.4 is 16.2 Å². The van der Waals surface area contributed by atoms with Gasteiger partial charge in [-0.25, -0.2) is 4.98 Å². The standard InChI is InChI=1S/C13H13N5O/c1-19-9-4-2-8(3-5-9)10-6-13-16-11(14)7-12(15)18(13)17-10/h2-7H,15H2,1H3,(H2,14,16). The van der Waals surface area contributed by atoms with Crippen molar-refractivity contribution in [2.24, 2.45) is 0 Å². The Morgan fingerprint density at radius 2 is 1.84 bits per heavy atom. The van der Waals surface area contributed by atoms with Gasteiger partial charge in [-0.05, 0) is 24.3 Å². The molecule has 0 atom stereocenters. The SMILES string of the molecule is COc1ccc(-c2cc3nc(N)cc(N)n3n2)cc1. The first-order chi connectivity index (χ1) is 9.17. The monoisotopic (exact) mass is 255 g/mol. The molecule has 1 aromatic carbocycles. The van der Waals surface area contributed by atoms with E-state index >= 15 is 0 Å². The molecule has 0 bridgehead atoms. The summed E-state index contributed by atoms with van der Waals surface area (Å²) in [5.74, 6) is 1.64. The van der Waals surface area contributed by atoms with Crippen molar-refractivity contribution in [3.05, 3.63) is 36.4 Å². The molecule has 0 radical (unpaired) electrons. The van der Waals surface area contributed by atoms with E-state index in [2.05, 4.69) is 10.1 Å². The van der Waals surface area contributed by atoms with Gasteiger partial charge in [-0.3, -0.25) is 0 Å². The Morgan fingerprint density at radius 3 is 2.53 bits per heavy atom. The number of methoxy groups -OCH3 is 1. The smallest absolute Gasteiger partial charge is 0.160 e. The van der Waals surface area contributed by atoms with Gasteiger partial charge in [-0.15, -0.1) is 0 Å². The van der Waals surface area contributed by atoms with E-state index in [1.54, 1.807) is 17.7 Å². The van der Waals surface area contributed by atoms with E-state index in [0.29, 0.717) is 17.3 Å². The molecule has 0 unspecified atom stereocenters. The summed E-state index contributed by atoms with van der Waals surface area (Å²) in [6.07, 6.45) is 0. The predicted molar refractivity (Wildman–Crippen MR) is 73.8 cm³/mol.